The third-order valence-corrected chi connectivity index (χ3v) is 18.2. The van der Waals surface area contributed by atoms with Crippen LogP contribution in [0.1, 0.15) is 145 Å². The van der Waals surface area contributed by atoms with Gasteiger partial charge in [-0.1, -0.05) is 91.3 Å². The highest BCUT2D eigenvalue weighted by atomic mass is 16.7. The Morgan fingerprint density at radius 1 is 0.706 bits per heavy atom. The second-order valence-corrected chi connectivity index (χ2v) is 28.5. The average Bonchev–Trinajstić information content (AvgIpc) is 1.19. The van der Waals surface area contributed by atoms with Crippen molar-refractivity contribution >= 4 is 83.2 Å². The molecule has 15 atom stereocenters. The van der Waals surface area contributed by atoms with Gasteiger partial charge in [-0.15, -0.1) is 0 Å². The number of likely N-dealkylation sites (tertiary alicyclic amines) is 1. The van der Waals surface area contributed by atoms with Crippen molar-refractivity contribution in [1.82, 2.24) is 46.8 Å². The highest BCUT2D eigenvalue weighted by Crippen LogP contribution is 2.35. The Labute approximate surface area is 635 Å². The van der Waals surface area contributed by atoms with Crippen molar-refractivity contribution in [2.45, 2.75) is 220 Å². The van der Waals surface area contributed by atoms with E-state index in [1.807, 2.05) is 25.4 Å². The predicted molar refractivity (Wildman–Crippen MR) is 386 cm³/mol. The minimum absolute atomic E-state index is 0.0469. The SMILES string of the molecule is CC[C@H](C)[C@@H]([C@@H](CC(=O)N1CCC[C@H]1[C@H](OC)[C@@H](C)C(=O)N[C@H](C)[C@@H](O)c1ccccc1)OC)N(C)C(=O)[C@@H](NC(=O)[C@H](C(C)C)N(C)C(=O)OCc1cc(CC(=O)CNC(=O)CNC(=O)CNC(=O)CONC(=O)OC(C)(C)C)ccc1O[C@@H]1OC(C(=O)OC)[C@@H](OC(C)=O)C(OC(C)=O)C1OC(C)=O)C(C)C. The summed E-state index contributed by atoms with van der Waals surface area (Å²) in [5, 5.41) is 23.7. The van der Waals surface area contributed by atoms with E-state index in [1.165, 1.54) is 44.4 Å². The Bertz CT molecular complexity index is 3460. The second kappa shape index (κ2) is 43.6. The van der Waals surface area contributed by atoms with Crippen molar-refractivity contribution < 1.29 is 124 Å². The topological polar surface area (TPSA) is 443 Å². The molecule has 35 nitrogen and oxygen atoms in total. The van der Waals surface area contributed by atoms with Crippen molar-refractivity contribution in [3.8, 4) is 5.75 Å². The van der Waals surface area contributed by atoms with E-state index in [4.69, 9.17) is 52.2 Å². The molecule has 608 valence electrons. The molecule has 4 rings (SSSR count). The van der Waals surface area contributed by atoms with Crippen LogP contribution in [0.5, 0.6) is 5.75 Å². The van der Waals surface area contributed by atoms with E-state index < -0.39 is 213 Å². The number of hydrogen-bond donors (Lipinski definition) is 7. The molecule has 2 aromatic carbocycles. The monoisotopic (exact) mass is 1540 g/mol. The standard InChI is InChI=1S/C74H111N9O26/c1-20-41(6)60(53(99-17)33-57(91)83-30-24-27-51(83)62(100-18)42(7)67(93)78-43(8)61(92)48-25-22-21-23-26-48)81(15)69(95)58(39(2)3)79-68(94)59(40(4)5)82(16)73(98)102-37-49-31-47(32-50(87)34-75-54(88)35-76-55(89)36-77-56(90)38-103-80-72(97)109-74(12,13)14)28-29-52(49)107-71-66(106-46(11)86)64(105-45(10)85)63(104-44(9)84)65(108-71)70(96)101-19/h21-23,25-26,28-29,31,39-43,51,53,58-66,71,92H,20,24,27,30,32-38H2,1-19H3,(H,75,88)(H,76,89)(H,77,90)(H,78,93)(H,79,94)(H,80,97)/t41-,42+,43+,51-,53+,58-,59-,60-,61+,62+,63-,64?,65?,66?,71+/m0/s1. The first-order valence-corrected chi connectivity index (χ1v) is 36.0. The summed E-state index contributed by atoms with van der Waals surface area (Å²) in [4.78, 5) is 195. The largest absolute Gasteiger partial charge is 0.467 e. The van der Waals surface area contributed by atoms with Crippen molar-refractivity contribution in [3.05, 3.63) is 65.2 Å². The van der Waals surface area contributed by atoms with Gasteiger partial charge in [0.05, 0.1) is 75.5 Å². The van der Waals surface area contributed by atoms with Crippen LogP contribution in [-0.2, 0) is 118 Å². The number of carbonyl (C=O) groups excluding carboxylic acids is 14. The molecule has 0 bridgehead atoms. The van der Waals surface area contributed by atoms with Gasteiger partial charge in [-0.2, -0.15) is 5.48 Å². The third kappa shape index (κ3) is 28.1. The fourth-order valence-corrected chi connectivity index (χ4v) is 12.7. The van der Waals surface area contributed by atoms with Gasteiger partial charge < -0.3 is 88.9 Å². The number of methoxy groups -OCH3 is 3. The Morgan fingerprint density at radius 3 is 1.86 bits per heavy atom. The first kappa shape index (κ1) is 91.8. The maximum Gasteiger partial charge on any atom is 0.431 e. The Morgan fingerprint density at radius 2 is 1.30 bits per heavy atom. The van der Waals surface area contributed by atoms with Crippen LogP contribution in [0.15, 0.2) is 48.5 Å². The minimum atomic E-state index is -1.91. The summed E-state index contributed by atoms with van der Waals surface area (Å²) in [6.07, 6.45) is -12.7. The number of nitrogens with zero attached hydrogens (tertiary/aromatic N) is 3. The van der Waals surface area contributed by atoms with Gasteiger partial charge in [-0.25, -0.2) is 14.4 Å². The molecule has 2 aliphatic rings. The molecule has 2 heterocycles. The number of esters is 4. The maximum absolute atomic E-state index is 15.1. The lowest BCUT2D eigenvalue weighted by Gasteiger charge is -2.43. The number of ether oxygens (including phenoxy) is 10. The van der Waals surface area contributed by atoms with E-state index in [0.29, 0.717) is 31.4 Å². The summed E-state index contributed by atoms with van der Waals surface area (Å²) in [5.74, 6) is -11.5. The van der Waals surface area contributed by atoms with Crippen LogP contribution in [0.25, 0.3) is 0 Å². The number of nitrogens with one attached hydrogen (secondary N) is 6. The van der Waals surface area contributed by atoms with Gasteiger partial charge in [0.2, 0.25) is 53.7 Å². The zero-order chi connectivity index (χ0) is 81.9. The number of amides is 9. The molecule has 2 saturated heterocycles. The van der Waals surface area contributed by atoms with Crippen molar-refractivity contribution in [1.29, 1.82) is 0 Å². The van der Waals surface area contributed by atoms with E-state index in [-0.39, 0.29) is 41.0 Å². The second-order valence-electron chi connectivity index (χ2n) is 28.5. The summed E-state index contributed by atoms with van der Waals surface area (Å²) in [6.45, 7) is 19.0. The van der Waals surface area contributed by atoms with E-state index in [0.717, 1.165) is 32.8 Å². The summed E-state index contributed by atoms with van der Waals surface area (Å²) < 4.78 is 56.6. The summed E-state index contributed by atoms with van der Waals surface area (Å²) in [6, 6.07) is 8.54. The van der Waals surface area contributed by atoms with Crippen molar-refractivity contribution in [2.75, 3.05) is 68.2 Å². The summed E-state index contributed by atoms with van der Waals surface area (Å²) in [5.41, 5.74) is 1.89. The smallest absolute Gasteiger partial charge is 0.431 e. The van der Waals surface area contributed by atoms with Crippen LogP contribution in [0.2, 0.25) is 0 Å². The molecule has 35 heteroatoms. The molecule has 2 fully saturated rings. The maximum atomic E-state index is 15.1. The van der Waals surface area contributed by atoms with Gasteiger partial charge in [-0.3, -0.25) is 62.5 Å². The number of Topliss-reactive ketones (excluding diaryl/α,β-unsaturated/α-hetero) is 1. The summed E-state index contributed by atoms with van der Waals surface area (Å²) in [7, 11) is 6.77. The Kier molecular flexibility index (Phi) is 36.7. The van der Waals surface area contributed by atoms with Gasteiger partial charge in [-0.05, 0) is 81.5 Å². The normalized spacial score (nSPS) is 19.4. The quantitative estimate of drug-likeness (QED) is 0.0287. The first-order chi connectivity index (χ1) is 51.2. The van der Waals surface area contributed by atoms with E-state index >= 15 is 4.79 Å². The molecule has 2 aliphatic heterocycles. The van der Waals surface area contributed by atoms with Crippen LogP contribution in [0, 0.1) is 23.7 Å². The van der Waals surface area contributed by atoms with Gasteiger partial charge in [0.25, 0.3) is 0 Å². The molecule has 109 heavy (non-hydrogen) atoms. The molecule has 0 radical (unpaired) electrons. The van der Waals surface area contributed by atoms with E-state index in [9.17, 15) is 67.4 Å². The van der Waals surface area contributed by atoms with Crippen LogP contribution >= 0.6 is 0 Å². The lowest BCUT2D eigenvalue weighted by Crippen LogP contribution is -2.64. The molecular weight excluding hydrogens is 1430 g/mol. The zero-order valence-corrected chi connectivity index (χ0v) is 65.7. The number of ketones is 1. The lowest BCUT2D eigenvalue weighted by molar-refractivity contribution is -0.282. The molecule has 7 N–H and O–H groups in total. The number of benzene rings is 2. The van der Waals surface area contributed by atoms with Gasteiger partial charge in [0, 0.05) is 67.6 Å². The molecule has 3 unspecified atom stereocenters. The lowest BCUT2D eigenvalue weighted by atomic mass is 9.89. The number of aliphatic hydroxyl groups is 1. The Balaban J connectivity index is 1.58. The van der Waals surface area contributed by atoms with Crippen LogP contribution < -0.4 is 36.8 Å². The molecular formula is C74H111N9O26. The fourth-order valence-electron chi connectivity index (χ4n) is 12.7. The van der Waals surface area contributed by atoms with E-state index in [2.05, 4.69) is 26.6 Å². The van der Waals surface area contributed by atoms with Gasteiger partial charge in [0.15, 0.2) is 30.7 Å². The number of likely N-dealkylation sites (N-methyl/N-ethyl adjacent to an activating group) is 2. The van der Waals surface area contributed by atoms with Crippen molar-refractivity contribution in [3.63, 3.8) is 0 Å². The molecule has 0 saturated carbocycles. The van der Waals surface area contributed by atoms with E-state index in [1.54, 1.807) is 98.5 Å². The highest BCUT2D eigenvalue weighted by molar-refractivity contribution is 5.93. The van der Waals surface area contributed by atoms with Crippen LogP contribution in [0.4, 0.5) is 9.59 Å². The van der Waals surface area contributed by atoms with Crippen LogP contribution in [-0.4, -0.2) is 250 Å². The Hall–Kier alpha value is -9.58. The van der Waals surface area contributed by atoms with Crippen molar-refractivity contribution in [2.24, 2.45) is 23.7 Å². The molecule has 0 spiro atoms. The van der Waals surface area contributed by atoms with Gasteiger partial charge in [0.1, 0.15) is 30.0 Å². The number of hydroxylamine groups is 1. The van der Waals surface area contributed by atoms with Crippen LogP contribution in [0.3, 0.4) is 0 Å². The first-order valence-electron chi connectivity index (χ1n) is 36.0. The zero-order valence-electron chi connectivity index (χ0n) is 65.7. The summed E-state index contributed by atoms with van der Waals surface area (Å²) >= 11 is 0. The molecule has 2 aromatic rings. The minimum Gasteiger partial charge on any atom is -0.467 e. The van der Waals surface area contributed by atoms with Gasteiger partial charge >= 0.3 is 36.1 Å². The molecule has 0 aromatic heterocycles. The third-order valence-electron chi connectivity index (χ3n) is 18.2. The number of hydrogen-bond acceptors (Lipinski definition) is 26. The number of aliphatic hydroxyl groups excluding tert-OH is 1. The molecule has 9 amide bonds. The fraction of sp³-hybridized carbons (Fsp3) is 0.649. The number of carbonyl (C=O) groups is 14. The number of rotatable bonds is 39. The highest BCUT2D eigenvalue weighted by Gasteiger charge is 2.56. The average molecular weight is 1540 g/mol. The molecule has 0 aliphatic carbocycles. The predicted octanol–water partition coefficient (Wildman–Crippen LogP) is 2.57.